The van der Waals surface area contributed by atoms with E-state index in [1.54, 1.807) is 0 Å². The Bertz CT molecular complexity index is 2560. The third-order valence-electron chi connectivity index (χ3n) is 11.3. The summed E-state index contributed by atoms with van der Waals surface area (Å²) in [6.07, 6.45) is 0. The van der Waals surface area contributed by atoms with Crippen LogP contribution >= 0.6 is 0 Å². The van der Waals surface area contributed by atoms with E-state index in [4.69, 9.17) is 0 Å². The molecule has 8 aromatic carbocycles. The van der Waals surface area contributed by atoms with Gasteiger partial charge in [-0.1, -0.05) is 131 Å². The molecule has 10 rings (SSSR count). The average molecular weight is 602 g/mol. The van der Waals surface area contributed by atoms with Gasteiger partial charge in [0.05, 0.1) is 5.69 Å². The lowest BCUT2D eigenvalue weighted by Crippen LogP contribution is -2.24. The van der Waals surface area contributed by atoms with Crippen LogP contribution in [0.15, 0.2) is 140 Å². The topological polar surface area (TPSA) is 3.24 Å². The summed E-state index contributed by atoms with van der Waals surface area (Å²) in [7, 11) is 0. The predicted molar refractivity (Wildman–Crippen MR) is 201 cm³/mol. The first-order valence-electron chi connectivity index (χ1n) is 16.8. The molecule has 0 spiro atoms. The highest BCUT2D eigenvalue weighted by atomic mass is 15.1. The molecule has 0 saturated carbocycles. The van der Waals surface area contributed by atoms with Crippen LogP contribution in [0.3, 0.4) is 0 Å². The summed E-state index contributed by atoms with van der Waals surface area (Å²) >= 11 is 0. The lowest BCUT2D eigenvalue weighted by molar-refractivity contribution is 0.645. The Labute approximate surface area is 275 Å². The van der Waals surface area contributed by atoms with Gasteiger partial charge in [0.1, 0.15) is 0 Å². The highest BCUT2D eigenvalue weighted by Gasteiger charge is 2.46. The number of hydrogen-bond acceptors (Lipinski definition) is 1. The van der Waals surface area contributed by atoms with Crippen molar-refractivity contribution in [2.45, 2.75) is 38.5 Å². The van der Waals surface area contributed by atoms with Crippen LogP contribution in [0.4, 0.5) is 17.1 Å². The summed E-state index contributed by atoms with van der Waals surface area (Å²) in [4.78, 5) is 2.51. The molecule has 224 valence electrons. The third kappa shape index (κ3) is 3.49. The van der Waals surface area contributed by atoms with E-state index in [-0.39, 0.29) is 10.8 Å². The van der Waals surface area contributed by atoms with Crippen LogP contribution in [-0.2, 0) is 10.8 Å². The molecule has 0 atom stereocenters. The molecule has 47 heavy (non-hydrogen) atoms. The van der Waals surface area contributed by atoms with Crippen LogP contribution in [0.2, 0.25) is 0 Å². The highest BCUT2D eigenvalue weighted by Crippen LogP contribution is 2.62. The molecule has 0 heterocycles. The van der Waals surface area contributed by atoms with E-state index in [1.807, 2.05) is 0 Å². The first-order valence-corrected chi connectivity index (χ1v) is 16.8. The van der Waals surface area contributed by atoms with Crippen molar-refractivity contribution < 1.29 is 0 Å². The van der Waals surface area contributed by atoms with Gasteiger partial charge in [-0.3, -0.25) is 0 Å². The van der Waals surface area contributed by atoms with Crippen LogP contribution < -0.4 is 4.90 Å². The standard InChI is InChI=1S/C46H35N/c1-45(2)38-26-32-16-9-10-17-35(32)44-43(38)42-39(45)27-40(36-18-11-19-37(41(36)42)46(44,3)4)47(33-22-20-28-12-5-7-14-30(28)24-33)34-23-21-29-13-6-8-15-31(29)25-34/h5-27H,1-4H3. The van der Waals surface area contributed by atoms with Crippen LogP contribution in [0.25, 0.3) is 54.2 Å². The van der Waals surface area contributed by atoms with E-state index >= 15 is 0 Å². The summed E-state index contributed by atoms with van der Waals surface area (Å²) in [6.45, 7) is 9.75. The molecule has 0 bridgehead atoms. The Balaban J connectivity index is 1.35. The van der Waals surface area contributed by atoms with Gasteiger partial charge in [-0.05, 0) is 107 Å². The molecule has 1 heteroatoms. The lowest BCUT2D eigenvalue weighted by Gasteiger charge is -2.37. The second kappa shape index (κ2) is 9.11. The molecule has 8 aromatic rings. The molecule has 0 amide bonds. The molecule has 0 radical (unpaired) electrons. The normalized spacial score (nSPS) is 15.1. The van der Waals surface area contributed by atoms with Gasteiger partial charge in [-0.15, -0.1) is 0 Å². The second-order valence-corrected chi connectivity index (χ2v) is 14.6. The van der Waals surface area contributed by atoms with Gasteiger partial charge in [-0.2, -0.15) is 0 Å². The summed E-state index contributed by atoms with van der Waals surface area (Å²) in [5.41, 5.74) is 11.9. The van der Waals surface area contributed by atoms with Gasteiger partial charge in [0.15, 0.2) is 0 Å². The number of rotatable bonds is 3. The van der Waals surface area contributed by atoms with E-state index in [0.717, 1.165) is 0 Å². The maximum absolute atomic E-state index is 2.53. The van der Waals surface area contributed by atoms with Crippen molar-refractivity contribution in [1.82, 2.24) is 0 Å². The van der Waals surface area contributed by atoms with Crippen LogP contribution in [-0.4, -0.2) is 0 Å². The van der Waals surface area contributed by atoms with Gasteiger partial charge < -0.3 is 4.90 Å². The minimum absolute atomic E-state index is 0.154. The van der Waals surface area contributed by atoms with Crippen LogP contribution in [0.5, 0.6) is 0 Å². The van der Waals surface area contributed by atoms with Crippen LogP contribution in [0, 0.1) is 0 Å². The van der Waals surface area contributed by atoms with Crippen molar-refractivity contribution >= 4 is 60.2 Å². The van der Waals surface area contributed by atoms with Gasteiger partial charge >= 0.3 is 0 Å². The molecule has 2 aliphatic carbocycles. The highest BCUT2D eigenvalue weighted by molar-refractivity contribution is 6.16. The van der Waals surface area contributed by atoms with Crippen molar-refractivity contribution in [3.05, 3.63) is 162 Å². The Morgan fingerprint density at radius 2 is 0.957 bits per heavy atom. The summed E-state index contributed by atoms with van der Waals surface area (Å²) < 4.78 is 0. The van der Waals surface area contributed by atoms with Crippen molar-refractivity contribution in [3.63, 3.8) is 0 Å². The summed E-state index contributed by atoms with van der Waals surface area (Å²) in [5, 5.41) is 10.4. The fourth-order valence-electron chi connectivity index (χ4n) is 9.00. The van der Waals surface area contributed by atoms with Crippen molar-refractivity contribution in [3.8, 4) is 11.1 Å². The number of hydrogen-bond donors (Lipinski definition) is 0. The number of anilines is 3. The average Bonchev–Trinajstić information content (AvgIpc) is 3.32. The molecule has 2 aliphatic rings. The molecule has 0 saturated heterocycles. The maximum Gasteiger partial charge on any atom is 0.0543 e. The molecule has 0 aromatic heterocycles. The predicted octanol–water partition coefficient (Wildman–Crippen LogP) is 12.7. The minimum Gasteiger partial charge on any atom is -0.310 e. The second-order valence-electron chi connectivity index (χ2n) is 14.6. The number of nitrogens with zero attached hydrogens (tertiary/aromatic N) is 1. The summed E-state index contributed by atoms with van der Waals surface area (Å²) in [6, 6.07) is 52.2. The molecule has 1 nitrogen and oxygen atoms in total. The number of benzene rings is 8. The molecule has 0 unspecified atom stereocenters. The van der Waals surface area contributed by atoms with Crippen molar-refractivity contribution in [2.75, 3.05) is 4.90 Å². The summed E-state index contributed by atoms with van der Waals surface area (Å²) in [5.74, 6) is 0. The van der Waals surface area contributed by atoms with E-state index in [0.29, 0.717) is 0 Å². The van der Waals surface area contributed by atoms with Gasteiger partial charge in [-0.25, -0.2) is 0 Å². The first kappa shape index (κ1) is 26.8. The van der Waals surface area contributed by atoms with Gasteiger partial charge in [0.2, 0.25) is 0 Å². The van der Waals surface area contributed by atoms with E-state index < -0.39 is 0 Å². The zero-order valence-electron chi connectivity index (χ0n) is 27.2. The molecular weight excluding hydrogens is 567 g/mol. The Kier molecular flexibility index (Phi) is 5.19. The van der Waals surface area contributed by atoms with E-state index in [9.17, 15) is 0 Å². The fraction of sp³-hybridized carbons (Fsp3) is 0.130. The lowest BCUT2D eigenvalue weighted by atomic mass is 9.67. The quantitative estimate of drug-likeness (QED) is 0.195. The first-order chi connectivity index (χ1) is 22.8. The molecule has 0 aliphatic heterocycles. The fourth-order valence-corrected chi connectivity index (χ4v) is 9.00. The third-order valence-corrected chi connectivity index (χ3v) is 11.3. The Morgan fingerprint density at radius 1 is 0.404 bits per heavy atom. The Morgan fingerprint density at radius 3 is 1.62 bits per heavy atom. The van der Waals surface area contributed by atoms with Crippen molar-refractivity contribution in [1.29, 1.82) is 0 Å². The zero-order valence-corrected chi connectivity index (χ0v) is 27.2. The zero-order chi connectivity index (χ0) is 31.7. The van der Waals surface area contributed by atoms with Gasteiger partial charge in [0.25, 0.3) is 0 Å². The molecule has 0 fully saturated rings. The smallest absolute Gasteiger partial charge is 0.0543 e. The Hall–Kier alpha value is -5.40. The van der Waals surface area contributed by atoms with Crippen LogP contribution in [0.1, 0.15) is 49.9 Å². The number of fused-ring (bicyclic) bond motifs is 4. The monoisotopic (exact) mass is 601 g/mol. The largest absolute Gasteiger partial charge is 0.310 e. The van der Waals surface area contributed by atoms with E-state index in [2.05, 4.69) is 172 Å². The van der Waals surface area contributed by atoms with Crippen molar-refractivity contribution in [2.24, 2.45) is 0 Å². The van der Waals surface area contributed by atoms with E-state index in [1.165, 1.54) is 93.5 Å². The maximum atomic E-state index is 2.53. The molecule has 0 N–H and O–H groups in total. The minimum atomic E-state index is -0.162. The molecular formula is C46H35N. The SMILES string of the molecule is CC1(C)c2cc3ccccc3c3c2-c2c1cc(N(c1ccc4ccccc4c1)c1ccc4ccccc4c1)c1cccc(c21)C3(C)C. The van der Waals surface area contributed by atoms with Gasteiger partial charge in [0, 0.05) is 27.6 Å².